The molecular weight excluding hydrogens is 398 g/mol. The van der Waals surface area contributed by atoms with E-state index in [1.165, 1.54) is 12.2 Å². The van der Waals surface area contributed by atoms with Crippen LogP contribution < -0.4 is 0 Å². The van der Waals surface area contributed by atoms with Crippen molar-refractivity contribution < 1.29 is 8.42 Å². The highest BCUT2D eigenvalue weighted by Crippen LogP contribution is 2.24. The molecule has 120 valence electrons. The van der Waals surface area contributed by atoms with E-state index in [4.69, 9.17) is 46.4 Å². The Morgan fingerprint density at radius 1 is 0.652 bits per heavy atom. The van der Waals surface area contributed by atoms with Crippen molar-refractivity contribution in [3.63, 3.8) is 0 Å². The van der Waals surface area contributed by atoms with Gasteiger partial charge in [0, 0.05) is 10.8 Å². The lowest BCUT2D eigenvalue weighted by molar-refractivity contribution is 0.613. The van der Waals surface area contributed by atoms with Crippen molar-refractivity contribution in [3.05, 3.63) is 78.4 Å². The summed E-state index contributed by atoms with van der Waals surface area (Å²) in [6.07, 6.45) is 2.88. The molecule has 0 aromatic heterocycles. The van der Waals surface area contributed by atoms with Crippen molar-refractivity contribution in [1.29, 1.82) is 0 Å². The quantitative estimate of drug-likeness (QED) is 0.590. The van der Waals surface area contributed by atoms with E-state index in [-0.39, 0.29) is 0 Å². The lowest BCUT2D eigenvalue weighted by atomic mass is 10.2. The summed E-state index contributed by atoms with van der Waals surface area (Å²) in [5, 5.41) is 3.70. The number of sulfone groups is 1. The molecule has 0 bridgehead atoms. The SMILES string of the molecule is O=S(=O)(C=Cc1ccc(Cl)c(Cl)c1)C=Cc1ccc(Cl)c(Cl)c1. The first-order valence-electron chi connectivity index (χ1n) is 6.28. The summed E-state index contributed by atoms with van der Waals surface area (Å²) in [5.74, 6) is 0. The average molecular weight is 408 g/mol. The number of rotatable bonds is 4. The van der Waals surface area contributed by atoms with Gasteiger partial charge in [-0.3, -0.25) is 0 Å². The van der Waals surface area contributed by atoms with Gasteiger partial charge in [-0.05, 0) is 47.5 Å². The molecule has 0 heterocycles. The van der Waals surface area contributed by atoms with E-state index in [1.807, 2.05) is 0 Å². The van der Waals surface area contributed by atoms with Gasteiger partial charge in [0.1, 0.15) is 0 Å². The first-order valence-corrected chi connectivity index (χ1v) is 9.40. The molecule has 0 saturated heterocycles. The predicted octanol–water partition coefficient (Wildman–Crippen LogP) is 6.36. The molecule has 2 aromatic rings. The van der Waals surface area contributed by atoms with Crippen LogP contribution in [0, 0.1) is 0 Å². The third kappa shape index (κ3) is 5.55. The Kier molecular flexibility index (Phi) is 6.18. The second-order valence-electron chi connectivity index (χ2n) is 4.54. The van der Waals surface area contributed by atoms with Crippen molar-refractivity contribution in [2.75, 3.05) is 0 Å². The molecule has 0 aliphatic heterocycles. The highest BCUT2D eigenvalue weighted by Gasteiger charge is 2.02. The van der Waals surface area contributed by atoms with Gasteiger partial charge in [0.2, 0.25) is 0 Å². The summed E-state index contributed by atoms with van der Waals surface area (Å²) in [6, 6.07) is 9.70. The molecule has 0 radical (unpaired) electrons. The Hall–Kier alpha value is -0.970. The Labute approximate surface area is 154 Å². The Bertz CT molecular complexity index is 819. The second-order valence-corrected chi connectivity index (χ2v) is 7.89. The summed E-state index contributed by atoms with van der Waals surface area (Å²) >= 11 is 23.4. The molecule has 0 fully saturated rings. The topological polar surface area (TPSA) is 34.1 Å². The Morgan fingerprint density at radius 2 is 1.04 bits per heavy atom. The zero-order chi connectivity index (χ0) is 17.0. The Morgan fingerprint density at radius 3 is 1.39 bits per heavy atom. The van der Waals surface area contributed by atoms with E-state index in [0.29, 0.717) is 31.2 Å². The number of hydrogen-bond acceptors (Lipinski definition) is 2. The van der Waals surface area contributed by atoms with Gasteiger partial charge in [-0.15, -0.1) is 0 Å². The van der Waals surface area contributed by atoms with Gasteiger partial charge in [0.05, 0.1) is 20.1 Å². The molecule has 0 saturated carbocycles. The standard InChI is InChI=1S/C16H10Cl4O2S/c17-13-3-1-11(9-15(13)19)5-7-23(21,22)8-6-12-2-4-14(18)16(20)10-12/h1-10H. The van der Waals surface area contributed by atoms with E-state index in [0.717, 1.165) is 10.8 Å². The first-order chi connectivity index (χ1) is 10.8. The minimum absolute atomic E-state index is 0.359. The van der Waals surface area contributed by atoms with Crippen LogP contribution >= 0.6 is 46.4 Å². The van der Waals surface area contributed by atoms with Crippen LogP contribution in [0.3, 0.4) is 0 Å². The molecule has 2 rings (SSSR count). The van der Waals surface area contributed by atoms with Crippen molar-refractivity contribution in [1.82, 2.24) is 0 Å². The normalized spacial score (nSPS) is 12.3. The largest absolute Gasteiger partial charge is 0.220 e. The van der Waals surface area contributed by atoms with E-state index >= 15 is 0 Å². The van der Waals surface area contributed by atoms with Crippen molar-refractivity contribution in [2.24, 2.45) is 0 Å². The van der Waals surface area contributed by atoms with Crippen LogP contribution in [-0.2, 0) is 9.84 Å². The van der Waals surface area contributed by atoms with Gasteiger partial charge in [-0.25, -0.2) is 8.42 Å². The molecule has 7 heteroatoms. The number of hydrogen-bond donors (Lipinski definition) is 0. The summed E-state index contributed by atoms with van der Waals surface area (Å²) in [7, 11) is -3.54. The fourth-order valence-corrected chi connectivity index (χ4v) is 3.02. The number of halogens is 4. The van der Waals surface area contributed by atoms with Crippen LogP contribution in [0.4, 0.5) is 0 Å². The smallest absolute Gasteiger partial charge is 0.193 e. The van der Waals surface area contributed by atoms with Crippen LogP contribution in [0.5, 0.6) is 0 Å². The van der Waals surface area contributed by atoms with Gasteiger partial charge in [0.15, 0.2) is 9.84 Å². The van der Waals surface area contributed by atoms with Gasteiger partial charge in [0.25, 0.3) is 0 Å². The first kappa shape index (κ1) is 18.4. The summed E-state index contributed by atoms with van der Waals surface area (Å²) in [5.41, 5.74) is 1.26. The van der Waals surface area contributed by atoms with Crippen molar-refractivity contribution in [2.45, 2.75) is 0 Å². The fraction of sp³-hybridized carbons (Fsp3) is 0. The molecule has 0 N–H and O–H groups in total. The Balaban J connectivity index is 2.17. The second kappa shape index (κ2) is 7.73. The van der Waals surface area contributed by atoms with Gasteiger partial charge >= 0.3 is 0 Å². The fourth-order valence-electron chi connectivity index (χ4n) is 1.62. The van der Waals surface area contributed by atoms with Gasteiger partial charge in [-0.2, -0.15) is 0 Å². The van der Waals surface area contributed by atoms with Crippen LogP contribution in [0.1, 0.15) is 11.1 Å². The molecule has 0 spiro atoms. The maximum atomic E-state index is 12.0. The highest BCUT2D eigenvalue weighted by atomic mass is 35.5. The maximum absolute atomic E-state index is 12.0. The summed E-state index contributed by atoms with van der Waals surface area (Å²) in [4.78, 5) is 0. The molecule has 0 aliphatic rings. The van der Waals surface area contributed by atoms with Gasteiger partial charge in [-0.1, -0.05) is 58.5 Å². The zero-order valence-corrected chi connectivity index (χ0v) is 15.4. The maximum Gasteiger partial charge on any atom is 0.193 e. The summed E-state index contributed by atoms with van der Waals surface area (Å²) < 4.78 is 24.0. The number of benzene rings is 2. The molecule has 2 aromatic carbocycles. The van der Waals surface area contributed by atoms with Gasteiger partial charge < -0.3 is 0 Å². The van der Waals surface area contributed by atoms with Crippen molar-refractivity contribution in [3.8, 4) is 0 Å². The lowest BCUT2D eigenvalue weighted by Crippen LogP contribution is -1.88. The van der Waals surface area contributed by atoms with E-state index < -0.39 is 9.84 Å². The highest BCUT2D eigenvalue weighted by molar-refractivity contribution is 7.97. The molecule has 0 atom stereocenters. The predicted molar refractivity (Wildman–Crippen MR) is 99.9 cm³/mol. The molecule has 0 amide bonds. The van der Waals surface area contributed by atoms with Crippen LogP contribution in [0.25, 0.3) is 12.2 Å². The minimum atomic E-state index is -3.54. The van der Waals surface area contributed by atoms with Crippen molar-refractivity contribution >= 4 is 68.4 Å². The zero-order valence-electron chi connectivity index (χ0n) is 11.5. The van der Waals surface area contributed by atoms with Crippen LogP contribution in [0.15, 0.2) is 47.2 Å². The third-order valence-corrected chi connectivity index (χ3v) is 5.30. The van der Waals surface area contributed by atoms with E-state index in [1.54, 1.807) is 36.4 Å². The monoisotopic (exact) mass is 406 g/mol. The minimum Gasteiger partial charge on any atom is -0.220 e. The molecule has 2 nitrogen and oxygen atoms in total. The third-order valence-electron chi connectivity index (χ3n) is 2.79. The molecule has 0 unspecified atom stereocenters. The van der Waals surface area contributed by atoms with Crippen LogP contribution in [0.2, 0.25) is 20.1 Å². The molecule has 0 aliphatic carbocycles. The molecule has 23 heavy (non-hydrogen) atoms. The molecular formula is C16H10Cl4O2S. The van der Waals surface area contributed by atoms with E-state index in [9.17, 15) is 8.42 Å². The van der Waals surface area contributed by atoms with Crippen LogP contribution in [-0.4, -0.2) is 8.42 Å². The van der Waals surface area contributed by atoms with E-state index in [2.05, 4.69) is 0 Å². The average Bonchev–Trinajstić information content (AvgIpc) is 2.50. The summed E-state index contributed by atoms with van der Waals surface area (Å²) in [6.45, 7) is 0. The lowest BCUT2D eigenvalue weighted by Gasteiger charge is -1.98.